The smallest absolute Gasteiger partial charge is 0.323 e. The fourth-order valence-corrected chi connectivity index (χ4v) is 4.48. The zero-order chi connectivity index (χ0) is 19.2. The molecule has 0 saturated carbocycles. The van der Waals surface area contributed by atoms with Gasteiger partial charge in [-0.1, -0.05) is 18.9 Å². The Morgan fingerprint density at radius 1 is 1.07 bits per heavy atom. The quantitative estimate of drug-likeness (QED) is 0.674. The molecule has 1 aromatic carbocycles. The highest BCUT2D eigenvalue weighted by Gasteiger charge is 2.30. The molecule has 0 aliphatic carbocycles. The number of hydrogen-bond acceptors (Lipinski definition) is 7. The Kier molecular flexibility index (Phi) is 4.27. The first kappa shape index (κ1) is 17.7. The Labute approximate surface area is 155 Å². The normalized spacial score (nSPS) is 16.5. The van der Waals surface area contributed by atoms with Crippen LogP contribution in [0.3, 0.4) is 0 Å². The average molecular weight is 392 g/mol. The van der Waals surface area contributed by atoms with E-state index in [1.165, 1.54) is 16.4 Å². The topological polar surface area (TPSA) is 128 Å². The molecule has 3 heterocycles. The van der Waals surface area contributed by atoms with Crippen molar-refractivity contribution in [3.05, 3.63) is 34.6 Å². The van der Waals surface area contributed by atoms with Gasteiger partial charge in [-0.25, -0.2) is 13.2 Å². The molecule has 0 radical (unpaired) electrons. The third-order valence-electron chi connectivity index (χ3n) is 4.56. The van der Waals surface area contributed by atoms with Gasteiger partial charge in [0.2, 0.25) is 15.9 Å². The van der Waals surface area contributed by atoms with Gasteiger partial charge in [0.05, 0.1) is 15.9 Å². The van der Waals surface area contributed by atoms with Gasteiger partial charge < -0.3 is 19.3 Å². The number of benzene rings is 1. The minimum Gasteiger partial charge on any atom is -0.408 e. The van der Waals surface area contributed by atoms with Gasteiger partial charge in [0, 0.05) is 32.1 Å². The Balaban J connectivity index is 1.51. The predicted octanol–water partition coefficient (Wildman–Crippen LogP) is 0.874. The van der Waals surface area contributed by atoms with E-state index in [9.17, 15) is 13.2 Å². The molecule has 1 aliphatic rings. The van der Waals surface area contributed by atoms with Gasteiger partial charge in [0.15, 0.2) is 0 Å². The maximum atomic E-state index is 12.9. The van der Waals surface area contributed by atoms with Gasteiger partial charge in [-0.2, -0.15) is 4.31 Å². The molecule has 0 atom stereocenters. The van der Waals surface area contributed by atoms with Crippen LogP contribution in [0.2, 0.25) is 0 Å². The van der Waals surface area contributed by atoms with Gasteiger partial charge in [-0.15, -0.1) is 5.10 Å². The van der Waals surface area contributed by atoms with Crippen LogP contribution < -0.4 is 10.6 Å². The molecule has 2 N–H and O–H groups in total. The molecule has 144 valence electrons. The molecule has 27 heavy (non-hydrogen) atoms. The summed E-state index contributed by atoms with van der Waals surface area (Å²) in [6.07, 6.45) is 0. The summed E-state index contributed by atoms with van der Waals surface area (Å²) in [7, 11) is -3.65. The number of piperazine rings is 1. The van der Waals surface area contributed by atoms with Crippen LogP contribution in [-0.4, -0.2) is 59.1 Å². The molecule has 1 fully saturated rings. The summed E-state index contributed by atoms with van der Waals surface area (Å²) in [5.41, 5.74) is 0.668. The third-order valence-corrected chi connectivity index (χ3v) is 6.45. The molecular formula is C16H20N6O4S. The number of fused-ring (bicyclic) bond motifs is 1. The fraction of sp³-hybridized carbons (Fsp3) is 0.438. The molecule has 3 aromatic rings. The lowest BCUT2D eigenvalue weighted by Crippen LogP contribution is -2.48. The number of imidazole rings is 1. The van der Waals surface area contributed by atoms with Gasteiger partial charge in [0.25, 0.3) is 0 Å². The second-order valence-electron chi connectivity index (χ2n) is 6.76. The summed E-state index contributed by atoms with van der Waals surface area (Å²) in [4.78, 5) is 18.6. The van der Waals surface area contributed by atoms with Crippen LogP contribution >= 0.6 is 0 Å². The van der Waals surface area contributed by atoms with Crippen LogP contribution in [0.25, 0.3) is 11.0 Å². The van der Waals surface area contributed by atoms with Crippen LogP contribution in [0.5, 0.6) is 0 Å². The molecule has 0 amide bonds. The van der Waals surface area contributed by atoms with Gasteiger partial charge in [-0.3, -0.25) is 0 Å². The predicted molar refractivity (Wildman–Crippen MR) is 98.3 cm³/mol. The Morgan fingerprint density at radius 2 is 1.78 bits per heavy atom. The number of hydrogen-bond donors (Lipinski definition) is 2. The van der Waals surface area contributed by atoms with Crippen LogP contribution in [0.15, 0.2) is 32.3 Å². The van der Waals surface area contributed by atoms with Gasteiger partial charge in [0.1, 0.15) is 0 Å². The summed E-state index contributed by atoms with van der Waals surface area (Å²) in [6.45, 7) is 5.48. The lowest BCUT2D eigenvalue weighted by atomic mass is 10.2. The standard InChI is InChI=1S/C16H20N6O4S/c1-10(2)14-19-20-16(26-14)21-5-7-22(8-6-21)27(24,25)11-3-4-12-13(9-11)18-15(23)17-12/h3-4,9-10H,5-8H2,1-2H3,(H2,17,18,23). The number of H-pyrrole nitrogens is 2. The van der Waals surface area contributed by atoms with Crippen molar-refractivity contribution in [3.63, 3.8) is 0 Å². The van der Waals surface area contributed by atoms with E-state index in [2.05, 4.69) is 20.2 Å². The summed E-state index contributed by atoms with van der Waals surface area (Å²) in [5.74, 6) is 0.705. The molecule has 0 spiro atoms. The van der Waals surface area contributed by atoms with E-state index >= 15 is 0 Å². The monoisotopic (exact) mass is 392 g/mol. The highest BCUT2D eigenvalue weighted by atomic mass is 32.2. The first-order valence-electron chi connectivity index (χ1n) is 8.65. The van der Waals surface area contributed by atoms with Crippen molar-refractivity contribution in [2.45, 2.75) is 24.7 Å². The molecule has 4 rings (SSSR count). The largest absolute Gasteiger partial charge is 0.408 e. The fourth-order valence-electron chi connectivity index (χ4n) is 3.03. The lowest BCUT2D eigenvalue weighted by molar-refractivity contribution is 0.367. The maximum Gasteiger partial charge on any atom is 0.323 e. The zero-order valence-corrected chi connectivity index (χ0v) is 15.8. The first-order chi connectivity index (χ1) is 12.8. The highest BCUT2D eigenvalue weighted by molar-refractivity contribution is 7.89. The minimum atomic E-state index is -3.65. The third kappa shape index (κ3) is 3.23. The van der Waals surface area contributed by atoms with E-state index < -0.39 is 10.0 Å². The summed E-state index contributed by atoms with van der Waals surface area (Å²) in [5, 5.41) is 8.06. The summed E-state index contributed by atoms with van der Waals surface area (Å²) >= 11 is 0. The van der Waals surface area contributed by atoms with Crippen LogP contribution in [0.4, 0.5) is 6.01 Å². The Bertz CT molecular complexity index is 1120. The summed E-state index contributed by atoms with van der Waals surface area (Å²) < 4.78 is 32.9. The van der Waals surface area contributed by atoms with E-state index in [-0.39, 0.29) is 16.5 Å². The summed E-state index contributed by atoms with van der Waals surface area (Å²) in [6, 6.07) is 4.98. The van der Waals surface area contributed by atoms with E-state index in [1.54, 1.807) is 6.07 Å². The number of anilines is 1. The average Bonchev–Trinajstić information content (AvgIpc) is 3.27. The van der Waals surface area contributed by atoms with Gasteiger partial charge in [-0.05, 0) is 18.2 Å². The van der Waals surface area contributed by atoms with Crippen LogP contribution in [0, 0.1) is 0 Å². The number of aromatic amines is 2. The Morgan fingerprint density at radius 3 is 2.44 bits per heavy atom. The maximum absolute atomic E-state index is 12.9. The van der Waals surface area contributed by atoms with E-state index in [1.807, 2.05) is 18.7 Å². The Hall–Kier alpha value is -2.66. The molecule has 2 aromatic heterocycles. The van der Waals surface area contributed by atoms with Crippen LogP contribution in [-0.2, 0) is 10.0 Å². The molecule has 11 heteroatoms. The first-order valence-corrected chi connectivity index (χ1v) is 10.1. The molecule has 1 aliphatic heterocycles. The molecule has 0 bridgehead atoms. The minimum absolute atomic E-state index is 0.141. The number of nitrogens with zero attached hydrogens (tertiary/aromatic N) is 4. The number of sulfonamides is 1. The number of aromatic nitrogens is 4. The van der Waals surface area contributed by atoms with Crippen LogP contribution in [0.1, 0.15) is 25.7 Å². The SMILES string of the molecule is CC(C)c1nnc(N2CCN(S(=O)(=O)c3ccc4[nH]c(=O)[nH]c4c3)CC2)o1. The van der Waals surface area contributed by atoms with Crippen molar-refractivity contribution in [1.29, 1.82) is 0 Å². The number of nitrogens with one attached hydrogen (secondary N) is 2. The van der Waals surface area contributed by atoms with Crippen molar-refractivity contribution >= 4 is 27.1 Å². The molecule has 1 saturated heterocycles. The van der Waals surface area contributed by atoms with Crippen molar-refractivity contribution in [3.8, 4) is 0 Å². The van der Waals surface area contributed by atoms with E-state index in [0.717, 1.165) is 0 Å². The molecular weight excluding hydrogens is 372 g/mol. The molecule has 10 nitrogen and oxygen atoms in total. The van der Waals surface area contributed by atoms with Crippen molar-refractivity contribution in [1.82, 2.24) is 24.5 Å². The van der Waals surface area contributed by atoms with E-state index in [0.29, 0.717) is 49.1 Å². The van der Waals surface area contributed by atoms with E-state index in [4.69, 9.17) is 4.42 Å². The molecule has 0 unspecified atom stereocenters. The lowest BCUT2D eigenvalue weighted by Gasteiger charge is -2.32. The van der Waals surface area contributed by atoms with Crippen molar-refractivity contribution in [2.24, 2.45) is 0 Å². The van der Waals surface area contributed by atoms with Crippen molar-refractivity contribution in [2.75, 3.05) is 31.1 Å². The van der Waals surface area contributed by atoms with Crippen molar-refractivity contribution < 1.29 is 12.8 Å². The second-order valence-corrected chi connectivity index (χ2v) is 8.69. The second kappa shape index (κ2) is 6.50. The zero-order valence-electron chi connectivity index (χ0n) is 15.0. The number of rotatable bonds is 4. The van der Waals surface area contributed by atoms with Gasteiger partial charge >= 0.3 is 11.7 Å². The highest BCUT2D eigenvalue weighted by Crippen LogP contribution is 2.23.